The lowest BCUT2D eigenvalue weighted by molar-refractivity contribution is 0.0939. The number of ether oxygens (including phenoxy) is 2. The lowest BCUT2D eigenvalue weighted by atomic mass is 10.1. The van der Waals surface area contributed by atoms with Gasteiger partial charge in [-0.05, 0) is 68.3 Å². The fourth-order valence-corrected chi connectivity index (χ4v) is 4.68. The average Bonchev–Trinajstić information content (AvgIpc) is 2.79. The van der Waals surface area contributed by atoms with Crippen LogP contribution in [0.15, 0.2) is 65.6 Å². The van der Waals surface area contributed by atoms with Crippen LogP contribution in [0.2, 0.25) is 0 Å². The van der Waals surface area contributed by atoms with Gasteiger partial charge in [-0.15, -0.1) is 0 Å². The Morgan fingerprint density at radius 2 is 1.55 bits per heavy atom. The van der Waals surface area contributed by atoms with Gasteiger partial charge in [0.05, 0.1) is 25.2 Å². The van der Waals surface area contributed by atoms with Crippen LogP contribution in [0, 0.1) is 13.8 Å². The molecule has 1 amide bonds. The molecule has 7 nitrogen and oxygen atoms in total. The molecule has 3 aromatic carbocycles. The van der Waals surface area contributed by atoms with Gasteiger partial charge in [0.1, 0.15) is 0 Å². The molecule has 0 radical (unpaired) electrons. The summed E-state index contributed by atoms with van der Waals surface area (Å²) < 4.78 is 39.1. The fourth-order valence-electron chi connectivity index (χ4n) is 3.35. The van der Waals surface area contributed by atoms with Gasteiger partial charge in [-0.25, -0.2) is 8.42 Å². The van der Waals surface area contributed by atoms with Crippen LogP contribution in [0.3, 0.4) is 0 Å². The Labute approximate surface area is 194 Å². The Balaban J connectivity index is 1.82. The van der Waals surface area contributed by atoms with Gasteiger partial charge >= 0.3 is 0 Å². The first-order valence-corrected chi connectivity index (χ1v) is 11.9. The molecule has 8 heteroatoms. The summed E-state index contributed by atoms with van der Waals surface area (Å²) in [6.07, 6.45) is 0. The van der Waals surface area contributed by atoms with Gasteiger partial charge in [-0.3, -0.25) is 9.52 Å². The summed E-state index contributed by atoms with van der Waals surface area (Å²) in [7, 11) is -0.770. The van der Waals surface area contributed by atoms with Crippen molar-refractivity contribution in [3.63, 3.8) is 0 Å². The van der Waals surface area contributed by atoms with E-state index in [1.165, 1.54) is 6.07 Å². The first kappa shape index (κ1) is 24.1. The van der Waals surface area contributed by atoms with Gasteiger partial charge in [-0.1, -0.05) is 29.8 Å². The Morgan fingerprint density at radius 1 is 0.879 bits per heavy atom. The number of aryl methyl sites for hydroxylation is 2. The average molecular weight is 469 g/mol. The Hall–Kier alpha value is -3.52. The zero-order chi connectivity index (χ0) is 24.2. The lowest BCUT2D eigenvalue weighted by Gasteiger charge is -2.17. The van der Waals surface area contributed by atoms with E-state index >= 15 is 0 Å². The molecular weight excluding hydrogens is 440 g/mol. The van der Waals surface area contributed by atoms with E-state index in [4.69, 9.17) is 9.47 Å². The highest BCUT2D eigenvalue weighted by Crippen LogP contribution is 2.30. The largest absolute Gasteiger partial charge is 0.493 e. The van der Waals surface area contributed by atoms with E-state index in [1.54, 1.807) is 57.5 Å². The normalized spacial score (nSPS) is 12.0. The van der Waals surface area contributed by atoms with Crippen LogP contribution in [-0.2, 0) is 10.0 Å². The molecule has 0 aliphatic heterocycles. The zero-order valence-electron chi connectivity index (χ0n) is 19.3. The van der Waals surface area contributed by atoms with Gasteiger partial charge in [0, 0.05) is 11.3 Å². The van der Waals surface area contributed by atoms with E-state index < -0.39 is 10.0 Å². The fraction of sp³-hybridized carbons (Fsp3) is 0.240. The second-order valence-corrected chi connectivity index (χ2v) is 9.41. The minimum absolute atomic E-state index is 0.0505. The molecule has 3 rings (SSSR count). The number of sulfonamides is 1. The predicted molar refractivity (Wildman–Crippen MR) is 129 cm³/mol. The molecule has 0 spiro atoms. The van der Waals surface area contributed by atoms with Crippen LogP contribution in [-0.4, -0.2) is 28.5 Å². The highest BCUT2D eigenvalue weighted by atomic mass is 32.2. The van der Waals surface area contributed by atoms with Crippen molar-refractivity contribution in [3.8, 4) is 11.5 Å². The third-order valence-electron chi connectivity index (χ3n) is 5.30. The van der Waals surface area contributed by atoms with Gasteiger partial charge in [0.15, 0.2) is 11.5 Å². The van der Waals surface area contributed by atoms with Crippen LogP contribution in [0.25, 0.3) is 0 Å². The molecule has 0 saturated heterocycles. The van der Waals surface area contributed by atoms with Crippen LogP contribution in [0.1, 0.15) is 40.0 Å². The van der Waals surface area contributed by atoms with Crippen molar-refractivity contribution < 1.29 is 22.7 Å². The van der Waals surface area contributed by atoms with E-state index in [9.17, 15) is 13.2 Å². The summed E-state index contributed by atoms with van der Waals surface area (Å²) >= 11 is 0. The van der Waals surface area contributed by atoms with Crippen molar-refractivity contribution in [1.82, 2.24) is 5.32 Å². The number of rotatable bonds is 8. The molecule has 1 atom stereocenters. The molecule has 174 valence electrons. The van der Waals surface area contributed by atoms with E-state index in [2.05, 4.69) is 10.0 Å². The summed E-state index contributed by atoms with van der Waals surface area (Å²) in [6.45, 7) is 5.45. The van der Waals surface area contributed by atoms with Gasteiger partial charge in [0.2, 0.25) is 0 Å². The highest BCUT2D eigenvalue weighted by Gasteiger charge is 2.20. The van der Waals surface area contributed by atoms with Crippen molar-refractivity contribution >= 4 is 21.6 Å². The van der Waals surface area contributed by atoms with E-state index in [-0.39, 0.29) is 22.4 Å². The van der Waals surface area contributed by atoms with Crippen molar-refractivity contribution in [3.05, 3.63) is 82.9 Å². The summed E-state index contributed by atoms with van der Waals surface area (Å²) in [4.78, 5) is 13.0. The molecule has 0 fully saturated rings. The number of hydrogen-bond donors (Lipinski definition) is 2. The van der Waals surface area contributed by atoms with Crippen LogP contribution >= 0.6 is 0 Å². The number of carbonyl (C=O) groups is 1. The SMILES string of the molecule is COc1ccc([C@@H](C)NC(=O)c2ccc(C)c(S(=O)(=O)Nc3ccc(C)cc3)c2)cc1OC. The standard InChI is InChI=1S/C25H28N2O5S/c1-16-6-11-21(12-7-16)27-33(29,30)24-15-20(9-8-17(24)2)25(28)26-18(3)19-10-13-22(31-4)23(14-19)32-5/h6-15,18,27H,1-5H3,(H,26,28)/t18-/m1/s1. The smallest absolute Gasteiger partial charge is 0.262 e. The number of anilines is 1. The Morgan fingerprint density at radius 3 is 2.18 bits per heavy atom. The van der Waals surface area contributed by atoms with Crippen molar-refractivity contribution in [2.45, 2.75) is 31.7 Å². The van der Waals surface area contributed by atoms with E-state index in [0.717, 1.165) is 11.1 Å². The molecule has 0 bridgehead atoms. The highest BCUT2D eigenvalue weighted by molar-refractivity contribution is 7.92. The molecule has 2 N–H and O–H groups in total. The molecule has 0 saturated carbocycles. The summed E-state index contributed by atoms with van der Waals surface area (Å²) in [5.41, 5.74) is 3.09. The van der Waals surface area contributed by atoms with Gasteiger partial charge in [-0.2, -0.15) is 0 Å². The van der Waals surface area contributed by atoms with Crippen molar-refractivity contribution in [2.75, 3.05) is 18.9 Å². The second kappa shape index (κ2) is 9.95. The number of methoxy groups -OCH3 is 2. The molecule has 0 aromatic heterocycles. The van der Waals surface area contributed by atoms with Crippen LogP contribution in [0.5, 0.6) is 11.5 Å². The number of amides is 1. The molecule has 0 heterocycles. The molecule has 3 aromatic rings. The monoisotopic (exact) mass is 468 g/mol. The van der Waals surface area contributed by atoms with Crippen molar-refractivity contribution in [2.24, 2.45) is 0 Å². The number of benzene rings is 3. The number of nitrogens with one attached hydrogen (secondary N) is 2. The van der Waals surface area contributed by atoms with Gasteiger partial charge < -0.3 is 14.8 Å². The Bertz CT molecular complexity index is 1250. The minimum atomic E-state index is -3.87. The molecule has 33 heavy (non-hydrogen) atoms. The predicted octanol–water partition coefficient (Wildman–Crippen LogP) is 4.61. The third-order valence-corrected chi connectivity index (χ3v) is 6.82. The number of carbonyl (C=O) groups excluding carboxylic acids is 1. The van der Waals surface area contributed by atoms with Crippen LogP contribution < -0.4 is 19.5 Å². The molecule has 0 unspecified atom stereocenters. The van der Waals surface area contributed by atoms with E-state index in [0.29, 0.717) is 22.7 Å². The second-order valence-electron chi connectivity index (χ2n) is 7.76. The lowest BCUT2D eigenvalue weighted by Crippen LogP contribution is -2.27. The summed E-state index contributed by atoms with van der Waals surface area (Å²) in [5, 5.41) is 2.90. The number of hydrogen-bond acceptors (Lipinski definition) is 5. The van der Waals surface area contributed by atoms with Gasteiger partial charge in [0.25, 0.3) is 15.9 Å². The van der Waals surface area contributed by atoms with E-state index in [1.807, 2.05) is 32.0 Å². The molecule has 0 aliphatic rings. The first-order valence-electron chi connectivity index (χ1n) is 10.4. The summed E-state index contributed by atoms with van der Waals surface area (Å²) in [6, 6.07) is 16.7. The maximum absolute atomic E-state index is 13.0. The van der Waals surface area contributed by atoms with Crippen molar-refractivity contribution in [1.29, 1.82) is 0 Å². The maximum Gasteiger partial charge on any atom is 0.262 e. The first-order chi connectivity index (χ1) is 15.6. The quantitative estimate of drug-likeness (QED) is 0.503. The third kappa shape index (κ3) is 5.64. The minimum Gasteiger partial charge on any atom is -0.493 e. The zero-order valence-corrected chi connectivity index (χ0v) is 20.1. The topological polar surface area (TPSA) is 93.7 Å². The maximum atomic E-state index is 13.0. The van der Waals surface area contributed by atoms with Crippen LogP contribution in [0.4, 0.5) is 5.69 Å². The molecular formula is C25H28N2O5S. The molecule has 0 aliphatic carbocycles. The Kier molecular flexibility index (Phi) is 7.28. The summed E-state index contributed by atoms with van der Waals surface area (Å²) in [5.74, 6) is 0.764.